The van der Waals surface area contributed by atoms with E-state index in [2.05, 4.69) is 29.5 Å². The van der Waals surface area contributed by atoms with Crippen molar-refractivity contribution in [3.8, 4) is 0 Å². The fraction of sp³-hybridized carbons (Fsp3) is 0.600. The Labute approximate surface area is 125 Å². The number of hydrogen-bond acceptors (Lipinski definition) is 3. The van der Waals surface area contributed by atoms with E-state index in [-0.39, 0.29) is 17.4 Å². The lowest BCUT2D eigenvalue weighted by Crippen LogP contribution is -2.41. The van der Waals surface area contributed by atoms with Crippen molar-refractivity contribution in [3.63, 3.8) is 0 Å². The summed E-state index contributed by atoms with van der Waals surface area (Å²) in [5.74, 6) is 0.560. The number of pyridine rings is 1. The topological polar surface area (TPSA) is 54.0 Å². The van der Waals surface area contributed by atoms with Crippen LogP contribution >= 0.6 is 11.6 Å². The number of aromatic nitrogens is 1. The van der Waals surface area contributed by atoms with Gasteiger partial charge in [-0.2, -0.15) is 0 Å². The molecule has 1 aromatic heterocycles. The van der Waals surface area contributed by atoms with Crippen molar-refractivity contribution in [3.05, 3.63) is 22.8 Å². The van der Waals surface area contributed by atoms with Gasteiger partial charge in [-0.3, -0.25) is 4.79 Å². The van der Waals surface area contributed by atoms with E-state index in [1.165, 1.54) is 6.20 Å². The van der Waals surface area contributed by atoms with Gasteiger partial charge in [0.25, 0.3) is 5.91 Å². The molecule has 1 amide bonds. The van der Waals surface area contributed by atoms with E-state index in [1.807, 2.05) is 6.92 Å². The number of anilines is 1. The van der Waals surface area contributed by atoms with E-state index >= 15 is 0 Å². The number of halogens is 1. The molecule has 1 aromatic rings. The number of carbonyl (C=O) groups excluding carboxylic acids is 1. The van der Waals surface area contributed by atoms with E-state index in [9.17, 15) is 4.79 Å². The average molecular weight is 296 g/mol. The third-order valence-corrected chi connectivity index (χ3v) is 4.32. The Bertz CT molecular complexity index is 502. The van der Waals surface area contributed by atoms with Crippen LogP contribution in [-0.4, -0.2) is 23.5 Å². The van der Waals surface area contributed by atoms with Crippen molar-refractivity contribution in [2.45, 2.75) is 46.1 Å². The first-order chi connectivity index (χ1) is 9.44. The van der Waals surface area contributed by atoms with E-state index in [0.29, 0.717) is 16.4 Å². The van der Waals surface area contributed by atoms with Crippen LogP contribution in [0.15, 0.2) is 12.3 Å². The molecule has 0 spiro atoms. The molecule has 4 nitrogen and oxygen atoms in total. The fourth-order valence-electron chi connectivity index (χ4n) is 2.72. The second-order valence-electron chi connectivity index (χ2n) is 5.99. The SMILES string of the molecule is CCNc1cc(C(=O)NC2CCCC2(C)C)c(Cl)cn1. The number of nitrogens with one attached hydrogen (secondary N) is 2. The lowest BCUT2D eigenvalue weighted by Gasteiger charge is -2.28. The first-order valence-corrected chi connectivity index (χ1v) is 7.52. The van der Waals surface area contributed by atoms with Crippen molar-refractivity contribution >= 4 is 23.3 Å². The maximum Gasteiger partial charge on any atom is 0.253 e. The van der Waals surface area contributed by atoms with Gasteiger partial charge in [-0.25, -0.2) is 4.98 Å². The molecule has 2 rings (SSSR count). The molecular weight excluding hydrogens is 274 g/mol. The molecule has 0 saturated heterocycles. The first-order valence-electron chi connectivity index (χ1n) is 7.14. The molecule has 0 aliphatic heterocycles. The average Bonchev–Trinajstić information content (AvgIpc) is 2.71. The highest BCUT2D eigenvalue weighted by Gasteiger charge is 2.35. The summed E-state index contributed by atoms with van der Waals surface area (Å²) in [5.41, 5.74) is 0.639. The highest BCUT2D eigenvalue weighted by Crippen LogP contribution is 2.37. The third-order valence-electron chi connectivity index (χ3n) is 4.02. The summed E-state index contributed by atoms with van der Waals surface area (Å²) < 4.78 is 0. The highest BCUT2D eigenvalue weighted by atomic mass is 35.5. The smallest absolute Gasteiger partial charge is 0.253 e. The molecule has 1 saturated carbocycles. The van der Waals surface area contributed by atoms with Crippen LogP contribution < -0.4 is 10.6 Å². The number of hydrogen-bond donors (Lipinski definition) is 2. The van der Waals surface area contributed by atoms with Crippen LogP contribution in [0.1, 0.15) is 50.4 Å². The second kappa shape index (κ2) is 6.00. The summed E-state index contributed by atoms with van der Waals surface area (Å²) in [6.07, 6.45) is 4.85. The van der Waals surface area contributed by atoms with Crippen LogP contribution in [0.25, 0.3) is 0 Å². The van der Waals surface area contributed by atoms with Crippen LogP contribution in [0, 0.1) is 5.41 Å². The minimum absolute atomic E-state index is 0.114. The molecule has 1 atom stereocenters. The Hall–Kier alpha value is -1.29. The van der Waals surface area contributed by atoms with Gasteiger partial charge in [0, 0.05) is 18.8 Å². The molecular formula is C15H22ClN3O. The third kappa shape index (κ3) is 3.23. The minimum atomic E-state index is -0.114. The number of rotatable bonds is 4. The molecule has 1 fully saturated rings. The summed E-state index contributed by atoms with van der Waals surface area (Å²) in [4.78, 5) is 16.6. The van der Waals surface area contributed by atoms with Gasteiger partial charge in [0.2, 0.25) is 0 Å². The Morgan fingerprint density at radius 1 is 1.55 bits per heavy atom. The van der Waals surface area contributed by atoms with Crippen molar-refractivity contribution in [1.82, 2.24) is 10.3 Å². The Morgan fingerprint density at radius 3 is 2.90 bits per heavy atom. The molecule has 1 aliphatic rings. The van der Waals surface area contributed by atoms with Crippen molar-refractivity contribution in [2.75, 3.05) is 11.9 Å². The van der Waals surface area contributed by atoms with Gasteiger partial charge in [0.05, 0.1) is 10.6 Å². The Balaban J connectivity index is 2.14. The molecule has 1 unspecified atom stereocenters. The zero-order valence-electron chi connectivity index (χ0n) is 12.3. The summed E-state index contributed by atoms with van der Waals surface area (Å²) in [6, 6.07) is 1.92. The van der Waals surface area contributed by atoms with Gasteiger partial charge in [0.15, 0.2) is 0 Å². The lowest BCUT2D eigenvalue weighted by atomic mass is 9.87. The largest absolute Gasteiger partial charge is 0.370 e. The molecule has 2 N–H and O–H groups in total. The van der Waals surface area contributed by atoms with Crippen LogP contribution in [0.4, 0.5) is 5.82 Å². The van der Waals surface area contributed by atoms with E-state index < -0.39 is 0 Å². The fourth-order valence-corrected chi connectivity index (χ4v) is 2.91. The summed E-state index contributed by atoms with van der Waals surface area (Å²) in [6.45, 7) is 7.13. The Kier molecular flexibility index (Phi) is 4.53. The molecule has 0 radical (unpaired) electrons. The van der Waals surface area contributed by atoms with Crippen LogP contribution in [0.2, 0.25) is 5.02 Å². The maximum absolute atomic E-state index is 12.4. The molecule has 1 aliphatic carbocycles. The van der Waals surface area contributed by atoms with E-state index in [1.54, 1.807) is 6.07 Å². The van der Waals surface area contributed by atoms with Crippen molar-refractivity contribution < 1.29 is 4.79 Å². The maximum atomic E-state index is 12.4. The monoisotopic (exact) mass is 295 g/mol. The minimum Gasteiger partial charge on any atom is -0.370 e. The quantitative estimate of drug-likeness (QED) is 0.894. The standard InChI is InChI=1S/C15H22ClN3O/c1-4-17-13-8-10(11(16)9-18-13)14(20)19-12-6-5-7-15(12,2)3/h8-9,12H,4-7H2,1-3H3,(H,17,18)(H,19,20). The number of nitrogens with zero attached hydrogens (tertiary/aromatic N) is 1. The summed E-state index contributed by atoms with van der Waals surface area (Å²) in [7, 11) is 0. The van der Waals surface area contributed by atoms with Crippen molar-refractivity contribution in [2.24, 2.45) is 5.41 Å². The number of amides is 1. The zero-order valence-corrected chi connectivity index (χ0v) is 13.0. The normalized spacial score (nSPS) is 20.7. The van der Waals surface area contributed by atoms with Crippen molar-refractivity contribution in [1.29, 1.82) is 0 Å². The van der Waals surface area contributed by atoms with Crippen LogP contribution in [-0.2, 0) is 0 Å². The summed E-state index contributed by atoms with van der Waals surface area (Å²) >= 11 is 6.10. The molecule has 5 heteroatoms. The molecule has 0 bridgehead atoms. The van der Waals surface area contributed by atoms with Gasteiger partial charge in [-0.1, -0.05) is 31.9 Å². The van der Waals surface area contributed by atoms with Gasteiger partial charge in [0.1, 0.15) is 5.82 Å². The predicted molar refractivity (Wildman–Crippen MR) is 82.3 cm³/mol. The molecule has 110 valence electrons. The lowest BCUT2D eigenvalue weighted by molar-refractivity contribution is 0.0910. The van der Waals surface area contributed by atoms with Gasteiger partial charge < -0.3 is 10.6 Å². The highest BCUT2D eigenvalue weighted by molar-refractivity contribution is 6.33. The van der Waals surface area contributed by atoms with Gasteiger partial charge in [-0.15, -0.1) is 0 Å². The first kappa shape index (κ1) is 15.1. The Morgan fingerprint density at radius 2 is 2.30 bits per heavy atom. The van der Waals surface area contributed by atoms with Gasteiger partial charge in [-0.05, 0) is 31.2 Å². The van der Waals surface area contributed by atoms with Crippen LogP contribution in [0.5, 0.6) is 0 Å². The van der Waals surface area contributed by atoms with Gasteiger partial charge >= 0.3 is 0 Å². The zero-order chi connectivity index (χ0) is 14.8. The molecule has 0 aromatic carbocycles. The van der Waals surface area contributed by atoms with E-state index in [0.717, 1.165) is 25.8 Å². The second-order valence-corrected chi connectivity index (χ2v) is 6.39. The number of carbonyl (C=O) groups is 1. The molecule has 20 heavy (non-hydrogen) atoms. The summed E-state index contributed by atoms with van der Waals surface area (Å²) in [5, 5.41) is 6.60. The molecule has 1 heterocycles. The van der Waals surface area contributed by atoms with E-state index in [4.69, 9.17) is 11.6 Å². The predicted octanol–water partition coefficient (Wildman–Crippen LogP) is 3.48. The van der Waals surface area contributed by atoms with Crippen LogP contribution in [0.3, 0.4) is 0 Å².